The van der Waals surface area contributed by atoms with E-state index in [1.54, 1.807) is 0 Å². The summed E-state index contributed by atoms with van der Waals surface area (Å²) < 4.78 is 110. The van der Waals surface area contributed by atoms with Crippen molar-refractivity contribution in [3.8, 4) is 0 Å². The smallest absolute Gasteiger partial charge is 0.281 e. The number of halogens is 9. The maximum Gasteiger partial charge on any atom is 0.597 e. The zero-order valence-corrected chi connectivity index (χ0v) is 7.63. The summed E-state index contributed by atoms with van der Waals surface area (Å²) in [7, 11) is -5.09. The molecule has 0 saturated heterocycles. The van der Waals surface area contributed by atoms with Crippen LogP contribution >= 0.6 is 0 Å². The van der Waals surface area contributed by atoms with Crippen LogP contribution in [0.25, 0.3) is 0 Å². The molecule has 0 aromatic heterocycles. The fourth-order valence-corrected chi connectivity index (χ4v) is 1.04. The van der Waals surface area contributed by atoms with Crippen LogP contribution in [0.15, 0.2) is 0 Å². The van der Waals surface area contributed by atoms with Crippen molar-refractivity contribution in [3.63, 3.8) is 0 Å². The van der Waals surface area contributed by atoms with Gasteiger partial charge in [0.05, 0.1) is 0 Å². The SMILES string of the molecule is FC(F)(F)O[Si](OC(F)(F)F)OC(F)(F)F. The molecule has 0 aliphatic rings. The molecule has 0 aromatic rings. The lowest BCUT2D eigenvalue weighted by Gasteiger charge is -2.18. The van der Waals surface area contributed by atoms with Gasteiger partial charge in [-0.15, -0.1) is 39.5 Å². The Morgan fingerprint density at radius 3 is 0.812 bits per heavy atom. The topological polar surface area (TPSA) is 27.7 Å². The highest BCUT2D eigenvalue weighted by molar-refractivity contribution is 6.36. The van der Waals surface area contributed by atoms with Crippen molar-refractivity contribution >= 4 is 9.53 Å². The molecule has 97 valence electrons. The average molecular weight is 283 g/mol. The number of hydrogen-bond acceptors (Lipinski definition) is 3. The molecule has 0 rings (SSSR count). The fraction of sp³-hybridized carbons (Fsp3) is 1.00. The molecule has 0 amide bonds. The first-order chi connectivity index (χ1) is 6.79. The van der Waals surface area contributed by atoms with Crippen LogP contribution in [-0.4, -0.2) is 28.6 Å². The Morgan fingerprint density at radius 1 is 0.500 bits per heavy atom. The molecule has 16 heavy (non-hydrogen) atoms. The zero-order chi connectivity index (χ0) is 13.2. The minimum absolute atomic E-state index is 2.41. The van der Waals surface area contributed by atoms with E-state index in [2.05, 4.69) is 13.3 Å². The standard InChI is InChI=1S/C3F9O3Si/c4-1(5,6)13-16(14-2(7,8)9)15-3(10,11)12. The number of alkyl halides is 9. The Kier molecular flexibility index (Phi) is 4.61. The Morgan fingerprint density at radius 2 is 0.688 bits per heavy atom. The highest BCUT2D eigenvalue weighted by atomic mass is 28.3. The molecule has 0 aromatic carbocycles. The van der Waals surface area contributed by atoms with Gasteiger partial charge in [-0.05, 0) is 0 Å². The molecule has 0 bridgehead atoms. The highest BCUT2D eigenvalue weighted by Gasteiger charge is 2.50. The molecular weight excluding hydrogens is 283 g/mol. The van der Waals surface area contributed by atoms with Gasteiger partial charge >= 0.3 is 28.6 Å². The summed E-state index contributed by atoms with van der Waals surface area (Å²) in [5, 5.41) is 0. The van der Waals surface area contributed by atoms with E-state index in [1.165, 1.54) is 0 Å². The minimum Gasteiger partial charge on any atom is -0.281 e. The van der Waals surface area contributed by atoms with Gasteiger partial charge in [0.15, 0.2) is 0 Å². The summed E-state index contributed by atoms with van der Waals surface area (Å²) in [6, 6.07) is 0. The molecule has 0 heterocycles. The summed E-state index contributed by atoms with van der Waals surface area (Å²) in [5.74, 6) is 0. The van der Waals surface area contributed by atoms with E-state index in [1.807, 2.05) is 0 Å². The maximum absolute atomic E-state index is 11.4. The Hall–Kier alpha value is -0.533. The molecule has 0 N–H and O–H groups in total. The van der Waals surface area contributed by atoms with Crippen LogP contribution in [-0.2, 0) is 13.3 Å². The lowest BCUT2D eigenvalue weighted by molar-refractivity contribution is -0.356. The summed E-state index contributed by atoms with van der Waals surface area (Å²) in [5.41, 5.74) is 0. The Balaban J connectivity index is 4.53. The lowest BCUT2D eigenvalue weighted by Crippen LogP contribution is -2.41. The molecular formula is C3F9O3Si. The van der Waals surface area contributed by atoms with Crippen LogP contribution in [0.4, 0.5) is 39.5 Å². The first-order valence-corrected chi connectivity index (χ1v) is 4.15. The largest absolute Gasteiger partial charge is 0.597 e. The van der Waals surface area contributed by atoms with Crippen LogP contribution in [0.2, 0.25) is 0 Å². The molecule has 13 heteroatoms. The van der Waals surface area contributed by atoms with Crippen molar-refractivity contribution in [1.82, 2.24) is 0 Å². The van der Waals surface area contributed by atoms with Gasteiger partial charge < -0.3 is 0 Å². The third-order valence-electron chi connectivity index (χ3n) is 0.597. The summed E-state index contributed by atoms with van der Waals surface area (Å²) in [6.07, 6.45) is -17.2. The van der Waals surface area contributed by atoms with Crippen molar-refractivity contribution in [2.45, 2.75) is 19.1 Å². The molecule has 0 atom stereocenters. The first kappa shape index (κ1) is 15.5. The molecule has 3 nitrogen and oxygen atoms in total. The molecule has 0 unspecified atom stereocenters. The van der Waals surface area contributed by atoms with Gasteiger partial charge in [-0.3, -0.25) is 13.3 Å². The van der Waals surface area contributed by atoms with Gasteiger partial charge in [-0.25, -0.2) is 0 Å². The zero-order valence-electron chi connectivity index (χ0n) is 6.63. The second-order valence-corrected chi connectivity index (χ2v) is 3.01. The van der Waals surface area contributed by atoms with Crippen LogP contribution in [0, 0.1) is 0 Å². The predicted molar refractivity (Wildman–Crippen MR) is 27.2 cm³/mol. The van der Waals surface area contributed by atoms with Gasteiger partial charge in [0.1, 0.15) is 0 Å². The van der Waals surface area contributed by atoms with Crippen LogP contribution < -0.4 is 0 Å². The first-order valence-electron chi connectivity index (χ1n) is 2.93. The van der Waals surface area contributed by atoms with Crippen molar-refractivity contribution in [1.29, 1.82) is 0 Å². The minimum atomic E-state index is -5.75. The van der Waals surface area contributed by atoms with E-state index >= 15 is 0 Å². The summed E-state index contributed by atoms with van der Waals surface area (Å²) >= 11 is 0. The quantitative estimate of drug-likeness (QED) is 0.588. The fourth-order valence-electron chi connectivity index (χ4n) is 0.346. The summed E-state index contributed by atoms with van der Waals surface area (Å²) in [6.45, 7) is 0. The van der Waals surface area contributed by atoms with Gasteiger partial charge in [-0.2, -0.15) is 0 Å². The normalized spacial score (nSPS) is 14.6. The Labute approximate surface area is 82.6 Å². The van der Waals surface area contributed by atoms with Crippen molar-refractivity contribution in [2.24, 2.45) is 0 Å². The third-order valence-corrected chi connectivity index (χ3v) is 1.79. The molecule has 0 aliphatic heterocycles. The monoisotopic (exact) mass is 283 g/mol. The van der Waals surface area contributed by atoms with Crippen LogP contribution in [0.1, 0.15) is 0 Å². The van der Waals surface area contributed by atoms with E-state index in [0.717, 1.165) is 0 Å². The second kappa shape index (κ2) is 4.76. The van der Waals surface area contributed by atoms with Gasteiger partial charge in [-0.1, -0.05) is 0 Å². The third kappa shape index (κ3) is 10.0. The van der Waals surface area contributed by atoms with E-state index in [-0.39, 0.29) is 0 Å². The molecule has 0 saturated carbocycles. The average Bonchev–Trinajstić information content (AvgIpc) is 1.70. The van der Waals surface area contributed by atoms with Gasteiger partial charge in [0.25, 0.3) is 0 Å². The van der Waals surface area contributed by atoms with Crippen molar-refractivity contribution < 1.29 is 52.8 Å². The molecule has 0 fully saturated rings. The van der Waals surface area contributed by atoms with E-state index in [9.17, 15) is 39.5 Å². The molecule has 0 spiro atoms. The number of rotatable bonds is 3. The maximum atomic E-state index is 11.4. The predicted octanol–water partition coefficient (Wildman–Crippen LogP) is 2.58. The van der Waals surface area contributed by atoms with Crippen LogP contribution in [0.3, 0.4) is 0 Å². The summed E-state index contributed by atoms with van der Waals surface area (Å²) in [4.78, 5) is 0. The van der Waals surface area contributed by atoms with Gasteiger partial charge in [0, 0.05) is 0 Å². The van der Waals surface area contributed by atoms with Crippen molar-refractivity contribution in [2.75, 3.05) is 0 Å². The van der Waals surface area contributed by atoms with E-state index in [0.29, 0.717) is 0 Å². The molecule has 1 radical (unpaired) electrons. The Bertz CT molecular complexity index is 179. The van der Waals surface area contributed by atoms with Gasteiger partial charge in [0.2, 0.25) is 0 Å². The second-order valence-electron chi connectivity index (χ2n) is 1.89. The molecule has 0 aliphatic carbocycles. The van der Waals surface area contributed by atoms with Crippen LogP contribution in [0.5, 0.6) is 0 Å². The lowest BCUT2D eigenvalue weighted by atomic mass is 11.4. The number of hydrogen-bond donors (Lipinski definition) is 0. The highest BCUT2D eigenvalue weighted by Crippen LogP contribution is 2.27. The van der Waals surface area contributed by atoms with Crippen molar-refractivity contribution in [3.05, 3.63) is 0 Å². The van der Waals surface area contributed by atoms with E-state index in [4.69, 9.17) is 0 Å². The van der Waals surface area contributed by atoms with E-state index < -0.39 is 28.6 Å².